The largest absolute Gasteiger partial charge is 0.493 e. The van der Waals surface area contributed by atoms with Crippen molar-refractivity contribution in [1.82, 2.24) is 0 Å². The molecular weight excluding hydrogens is 302 g/mol. The second-order valence-electron chi connectivity index (χ2n) is 5.37. The molecule has 4 heteroatoms. The third-order valence-corrected chi connectivity index (χ3v) is 3.84. The van der Waals surface area contributed by atoms with Crippen molar-refractivity contribution in [3.8, 4) is 11.5 Å². The maximum atomic E-state index is 12.3. The number of benzene rings is 2. The van der Waals surface area contributed by atoms with Gasteiger partial charge in [0.1, 0.15) is 0 Å². The van der Waals surface area contributed by atoms with Crippen LogP contribution in [0, 0.1) is 6.92 Å². The van der Waals surface area contributed by atoms with Gasteiger partial charge in [0, 0.05) is 17.3 Å². The highest BCUT2D eigenvalue weighted by molar-refractivity contribution is 6.03. The second kappa shape index (κ2) is 8.20. The summed E-state index contributed by atoms with van der Waals surface area (Å²) in [7, 11) is 3.17. The Labute approximate surface area is 143 Å². The molecular formula is C20H23NO3. The zero-order valence-corrected chi connectivity index (χ0v) is 14.6. The van der Waals surface area contributed by atoms with E-state index in [0.29, 0.717) is 11.5 Å². The molecule has 2 aromatic rings. The molecule has 0 aliphatic heterocycles. The van der Waals surface area contributed by atoms with Crippen LogP contribution >= 0.6 is 0 Å². The minimum absolute atomic E-state index is 0.177. The van der Waals surface area contributed by atoms with Crippen molar-refractivity contribution in [2.75, 3.05) is 19.5 Å². The molecule has 1 amide bonds. The minimum Gasteiger partial charge on any atom is -0.493 e. The molecule has 0 atom stereocenters. The number of hydrogen-bond acceptors (Lipinski definition) is 3. The summed E-state index contributed by atoms with van der Waals surface area (Å²) in [5, 5.41) is 2.97. The number of anilines is 1. The molecule has 0 aromatic heterocycles. The quantitative estimate of drug-likeness (QED) is 0.809. The van der Waals surface area contributed by atoms with Gasteiger partial charge in [-0.3, -0.25) is 4.79 Å². The van der Waals surface area contributed by atoms with E-state index in [0.717, 1.165) is 28.8 Å². The van der Waals surface area contributed by atoms with E-state index < -0.39 is 0 Å². The monoisotopic (exact) mass is 325 g/mol. The fourth-order valence-corrected chi connectivity index (χ4v) is 2.58. The van der Waals surface area contributed by atoms with Crippen molar-refractivity contribution >= 4 is 17.7 Å². The number of para-hydroxylation sites is 2. The van der Waals surface area contributed by atoms with Gasteiger partial charge in [0.2, 0.25) is 5.91 Å². The number of methoxy groups -OCH3 is 2. The first-order valence-corrected chi connectivity index (χ1v) is 7.89. The lowest BCUT2D eigenvalue weighted by molar-refractivity contribution is -0.111. The maximum Gasteiger partial charge on any atom is 0.248 e. The third kappa shape index (κ3) is 3.96. The lowest BCUT2D eigenvalue weighted by Crippen LogP contribution is -2.11. The molecule has 0 radical (unpaired) electrons. The van der Waals surface area contributed by atoms with Gasteiger partial charge >= 0.3 is 0 Å². The fraction of sp³-hybridized carbons (Fsp3) is 0.250. The van der Waals surface area contributed by atoms with Crippen molar-refractivity contribution < 1.29 is 14.3 Å². The predicted octanol–water partition coefficient (Wildman–Crippen LogP) is 4.23. The Morgan fingerprint density at radius 1 is 1.12 bits per heavy atom. The smallest absolute Gasteiger partial charge is 0.248 e. The van der Waals surface area contributed by atoms with E-state index in [1.54, 1.807) is 20.3 Å². The van der Waals surface area contributed by atoms with Gasteiger partial charge in [0.25, 0.3) is 0 Å². The number of hydrogen-bond donors (Lipinski definition) is 1. The molecule has 0 saturated carbocycles. The molecule has 0 aliphatic carbocycles. The number of aryl methyl sites for hydroxylation is 2. The molecule has 2 rings (SSSR count). The van der Waals surface area contributed by atoms with Gasteiger partial charge < -0.3 is 14.8 Å². The van der Waals surface area contributed by atoms with Crippen LogP contribution in [0.2, 0.25) is 0 Å². The van der Waals surface area contributed by atoms with Crippen LogP contribution < -0.4 is 14.8 Å². The van der Waals surface area contributed by atoms with Crippen LogP contribution in [0.3, 0.4) is 0 Å². The molecule has 24 heavy (non-hydrogen) atoms. The summed E-state index contributed by atoms with van der Waals surface area (Å²) in [6.07, 6.45) is 4.09. The number of ether oxygens (including phenoxy) is 2. The molecule has 126 valence electrons. The molecule has 0 saturated heterocycles. The molecule has 2 aromatic carbocycles. The van der Waals surface area contributed by atoms with Gasteiger partial charge in [0.05, 0.1) is 14.2 Å². The summed E-state index contributed by atoms with van der Waals surface area (Å²) in [6, 6.07) is 11.6. The van der Waals surface area contributed by atoms with Crippen LogP contribution in [-0.4, -0.2) is 20.1 Å². The number of nitrogens with one attached hydrogen (secondary N) is 1. The average Bonchev–Trinajstić information content (AvgIpc) is 2.61. The van der Waals surface area contributed by atoms with Crippen LogP contribution in [0.4, 0.5) is 5.69 Å². The summed E-state index contributed by atoms with van der Waals surface area (Å²) in [5.74, 6) is 1.06. The zero-order valence-electron chi connectivity index (χ0n) is 14.6. The fourth-order valence-electron chi connectivity index (χ4n) is 2.58. The van der Waals surface area contributed by atoms with Gasteiger partial charge in [0.15, 0.2) is 11.5 Å². The highest BCUT2D eigenvalue weighted by Gasteiger charge is 2.09. The number of carbonyl (C=O) groups excluding carboxylic acids is 1. The Kier molecular flexibility index (Phi) is 6.01. The first-order valence-electron chi connectivity index (χ1n) is 7.89. The summed E-state index contributed by atoms with van der Waals surface area (Å²) in [6.45, 7) is 4.06. The van der Waals surface area contributed by atoms with E-state index in [-0.39, 0.29) is 5.91 Å². The number of rotatable bonds is 6. The topological polar surface area (TPSA) is 47.6 Å². The zero-order chi connectivity index (χ0) is 17.5. The Morgan fingerprint density at radius 3 is 2.54 bits per heavy atom. The highest BCUT2D eigenvalue weighted by atomic mass is 16.5. The van der Waals surface area contributed by atoms with Crippen LogP contribution in [0.15, 0.2) is 42.5 Å². The predicted molar refractivity (Wildman–Crippen MR) is 97.8 cm³/mol. The lowest BCUT2D eigenvalue weighted by Gasteiger charge is -2.12. The van der Waals surface area contributed by atoms with Crippen LogP contribution in [0.5, 0.6) is 11.5 Å². The van der Waals surface area contributed by atoms with E-state index in [2.05, 4.69) is 12.2 Å². The number of amides is 1. The Morgan fingerprint density at radius 2 is 1.88 bits per heavy atom. The Bertz CT molecular complexity index is 751. The number of carbonyl (C=O) groups is 1. The summed E-state index contributed by atoms with van der Waals surface area (Å²) >= 11 is 0. The SMILES string of the molecule is CCc1cccc(C)c1NC(=O)/C=C/c1cccc(OC)c1OC. The van der Waals surface area contributed by atoms with Crippen molar-refractivity contribution in [3.05, 3.63) is 59.2 Å². The van der Waals surface area contributed by atoms with Gasteiger partial charge in [-0.05, 0) is 36.6 Å². The van der Waals surface area contributed by atoms with Gasteiger partial charge in [-0.25, -0.2) is 0 Å². The van der Waals surface area contributed by atoms with Gasteiger partial charge in [-0.2, -0.15) is 0 Å². The Hall–Kier alpha value is -2.75. The van der Waals surface area contributed by atoms with E-state index in [4.69, 9.17) is 9.47 Å². The molecule has 4 nitrogen and oxygen atoms in total. The third-order valence-electron chi connectivity index (χ3n) is 3.84. The second-order valence-corrected chi connectivity index (χ2v) is 5.37. The van der Waals surface area contributed by atoms with Gasteiger partial charge in [-0.1, -0.05) is 37.3 Å². The first-order chi connectivity index (χ1) is 11.6. The molecule has 0 fully saturated rings. The van der Waals surface area contributed by atoms with Crippen molar-refractivity contribution in [3.63, 3.8) is 0 Å². The van der Waals surface area contributed by atoms with Crippen molar-refractivity contribution in [2.45, 2.75) is 20.3 Å². The van der Waals surface area contributed by atoms with Crippen LogP contribution in [-0.2, 0) is 11.2 Å². The van der Waals surface area contributed by atoms with Gasteiger partial charge in [-0.15, -0.1) is 0 Å². The molecule has 0 heterocycles. The van der Waals surface area contributed by atoms with E-state index in [9.17, 15) is 4.79 Å². The Balaban J connectivity index is 2.21. The van der Waals surface area contributed by atoms with Crippen molar-refractivity contribution in [2.24, 2.45) is 0 Å². The van der Waals surface area contributed by atoms with E-state index in [1.807, 2.05) is 43.3 Å². The molecule has 0 bridgehead atoms. The van der Waals surface area contributed by atoms with Crippen LogP contribution in [0.25, 0.3) is 6.08 Å². The molecule has 0 aliphatic rings. The summed E-state index contributed by atoms with van der Waals surface area (Å²) in [4.78, 5) is 12.3. The average molecular weight is 325 g/mol. The summed E-state index contributed by atoms with van der Waals surface area (Å²) in [5.41, 5.74) is 3.84. The van der Waals surface area contributed by atoms with Crippen LogP contribution in [0.1, 0.15) is 23.6 Å². The van der Waals surface area contributed by atoms with E-state index in [1.165, 1.54) is 6.08 Å². The normalized spacial score (nSPS) is 10.7. The van der Waals surface area contributed by atoms with E-state index >= 15 is 0 Å². The molecule has 0 spiro atoms. The van der Waals surface area contributed by atoms with Crippen molar-refractivity contribution in [1.29, 1.82) is 0 Å². The first kappa shape index (κ1) is 17.6. The molecule has 0 unspecified atom stereocenters. The lowest BCUT2D eigenvalue weighted by atomic mass is 10.1. The standard InChI is InChI=1S/C20H23NO3/c1-5-15-9-6-8-14(2)19(15)21-18(22)13-12-16-10-7-11-17(23-3)20(16)24-4/h6-13H,5H2,1-4H3,(H,21,22)/b13-12+. The minimum atomic E-state index is -0.177. The maximum absolute atomic E-state index is 12.3. The highest BCUT2D eigenvalue weighted by Crippen LogP contribution is 2.31. The molecule has 1 N–H and O–H groups in total. The summed E-state index contributed by atoms with van der Waals surface area (Å²) < 4.78 is 10.6.